The Kier molecular flexibility index (Phi) is 9.73. The van der Waals surface area contributed by atoms with Gasteiger partial charge in [0.25, 0.3) is 5.91 Å². The summed E-state index contributed by atoms with van der Waals surface area (Å²) < 4.78 is 6.31. The van der Waals surface area contributed by atoms with E-state index in [-0.39, 0.29) is 24.9 Å². The molecular weight excluding hydrogens is 320 g/mol. The minimum absolute atomic E-state index is 0. The van der Waals surface area contributed by atoms with Crippen LogP contribution in [0.15, 0.2) is 28.7 Å². The third kappa shape index (κ3) is 7.53. The van der Waals surface area contributed by atoms with E-state index in [1.54, 1.807) is 0 Å². The van der Waals surface area contributed by atoms with Crippen LogP contribution in [-0.4, -0.2) is 32.1 Å². The topological polar surface area (TPSA) is 50.4 Å². The number of hydrogen-bond donors (Lipinski definition) is 2. The summed E-state index contributed by atoms with van der Waals surface area (Å²) in [6.07, 6.45) is 0. The van der Waals surface area contributed by atoms with E-state index in [1.807, 2.05) is 31.2 Å². The summed E-state index contributed by atoms with van der Waals surface area (Å²) in [4.78, 5) is 11.4. The molecule has 0 saturated heterocycles. The molecule has 0 spiro atoms. The van der Waals surface area contributed by atoms with Gasteiger partial charge in [-0.25, -0.2) is 0 Å². The van der Waals surface area contributed by atoms with Crippen LogP contribution in [0, 0.1) is 0 Å². The lowest BCUT2D eigenvalue weighted by molar-refractivity contribution is -0.123. The van der Waals surface area contributed by atoms with Gasteiger partial charge in [-0.15, -0.1) is 12.4 Å². The lowest BCUT2D eigenvalue weighted by Crippen LogP contribution is -2.34. The average molecular weight is 338 g/mol. The molecule has 0 aliphatic heterocycles. The zero-order valence-electron chi connectivity index (χ0n) is 10.2. The first kappa shape index (κ1) is 17.2. The van der Waals surface area contributed by atoms with Crippen LogP contribution in [0.4, 0.5) is 0 Å². The quantitative estimate of drug-likeness (QED) is 0.748. The molecule has 0 bridgehead atoms. The summed E-state index contributed by atoms with van der Waals surface area (Å²) >= 11 is 3.33. The maximum Gasteiger partial charge on any atom is 0.257 e. The van der Waals surface area contributed by atoms with Crippen LogP contribution in [0.5, 0.6) is 5.75 Å². The van der Waals surface area contributed by atoms with E-state index in [2.05, 4.69) is 26.6 Å². The fraction of sp³-hybridized carbons (Fsp3) is 0.417. The van der Waals surface area contributed by atoms with Crippen LogP contribution in [0.3, 0.4) is 0 Å². The number of ether oxygens (including phenoxy) is 1. The molecule has 6 heteroatoms. The highest BCUT2D eigenvalue weighted by molar-refractivity contribution is 9.10. The SMILES string of the molecule is CCNCCNC(=O)COc1ccc(Br)cc1.Cl. The van der Waals surface area contributed by atoms with Gasteiger partial charge in [-0.3, -0.25) is 4.79 Å². The van der Waals surface area contributed by atoms with Crippen molar-refractivity contribution in [2.75, 3.05) is 26.2 Å². The molecule has 0 saturated carbocycles. The van der Waals surface area contributed by atoms with E-state index in [0.717, 1.165) is 17.6 Å². The number of carbonyl (C=O) groups is 1. The molecule has 102 valence electrons. The molecule has 0 aromatic heterocycles. The van der Waals surface area contributed by atoms with Crippen molar-refractivity contribution in [1.29, 1.82) is 0 Å². The molecule has 0 radical (unpaired) electrons. The Bertz CT molecular complexity index is 346. The summed E-state index contributed by atoms with van der Waals surface area (Å²) in [6.45, 7) is 4.38. The first-order valence-corrected chi connectivity index (χ1v) is 6.37. The Balaban J connectivity index is 0.00000289. The average Bonchev–Trinajstić information content (AvgIpc) is 2.34. The van der Waals surface area contributed by atoms with Crippen LogP contribution in [-0.2, 0) is 4.79 Å². The molecule has 1 aromatic carbocycles. The van der Waals surface area contributed by atoms with E-state index < -0.39 is 0 Å². The van der Waals surface area contributed by atoms with Crippen LogP contribution in [0.1, 0.15) is 6.92 Å². The molecule has 0 aliphatic rings. The van der Waals surface area contributed by atoms with Gasteiger partial charge >= 0.3 is 0 Å². The summed E-state index contributed by atoms with van der Waals surface area (Å²) in [5.74, 6) is 0.584. The lowest BCUT2D eigenvalue weighted by atomic mass is 10.3. The molecule has 0 unspecified atom stereocenters. The van der Waals surface area contributed by atoms with Crippen LogP contribution >= 0.6 is 28.3 Å². The highest BCUT2D eigenvalue weighted by Gasteiger charge is 2.01. The van der Waals surface area contributed by atoms with Crippen molar-refractivity contribution in [3.63, 3.8) is 0 Å². The number of amides is 1. The van der Waals surface area contributed by atoms with Gasteiger partial charge in [0.05, 0.1) is 0 Å². The van der Waals surface area contributed by atoms with Crippen LogP contribution in [0.2, 0.25) is 0 Å². The smallest absolute Gasteiger partial charge is 0.257 e. The van der Waals surface area contributed by atoms with Crippen molar-refractivity contribution in [1.82, 2.24) is 10.6 Å². The maximum absolute atomic E-state index is 11.4. The lowest BCUT2D eigenvalue weighted by Gasteiger charge is -2.07. The molecule has 0 atom stereocenters. The monoisotopic (exact) mass is 336 g/mol. The van der Waals surface area contributed by atoms with Crippen molar-refractivity contribution in [2.45, 2.75) is 6.92 Å². The van der Waals surface area contributed by atoms with Gasteiger partial charge in [-0.05, 0) is 30.8 Å². The fourth-order valence-electron chi connectivity index (χ4n) is 1.20. The van der Waals surface area contributed by atoms with Gasteiger partial charge < -0.3 is 15.4 Å². The molecule has 1 amide bonds. The first-order valence-electron chi connectivity index (χ1n) is 5.58. The Labute approximate surface area is 122 Å². The maximum atomic E-state index is 11.4. The van der Waals surface area contributed by atoms with Gasteiger partial charge in [0, 0.05) is 17.6 Å². The number of halogens is 2. The van der Waals surface area contributed by atoms with Gasteiger partial charge in [-0.1, -0.05) is 22.9 Å². The molecule has 0 heterocycles. The molecular formula is C12H18BrClN2O2. The van der Waals surface area contributed by atoms with Crippen molar-refractivity contribution in [3.8, 4) is 5.75 Å². The number of rotatable bonds is 7. The van der Waals surface area contributed by atoms with Crippen molar-refractivity contribution in [3.05, 3.63) is 28.7 Å². The van der Waals surface area contributed by atoms with E-state index in [0.29, 0.717) is 12.3 Å². The molecule has 1 aromatic rings. The molecule has 2 N–H and O–H groups in total. The second kappa shape index (κ2) is 10.2. The zero-order chi connectivity index (χ0) is 12.5. The van der Waals surface area contributed by atoms with Gasteiger partial charge in [0.15, 0.2) is 6.61 Å². The number of carbonyl (C=O) groups excluding carboxylic acids is 1. The molecule has 18 heavy (non-hydrogen) atoms. The summed E-state index contributed by atoms with van der Waals surface area (Å²) in [7, 11) is 0. The number of benzene rings is 1. The zero-order valence-corrected chi connectivity index (χ0v) is 12.6. The van der Waals surface area contributed by atoms with Gasteiger partial charge in [-0.2, -0.15) is 0 Å². The van der Waals surface area contributed by atoms with Crippen molar-refractivity contribution >= 4 is 34.2 Å². The predicted molar refractivity (Wildman–Crippen MR) is 78.4 cm³/mol. The Morgan fingerprint density at radius 2 is 1.94 bits per heavy atom. The standard InChI is InChI=1S/C12H17BrN2O2.ClH/c1-2-14-7-8-15-12(16)9-17-11-5-3-10(13)4-6-11;/h3-6,14H,2,7-9H2,1H3,(H,15,16);1H. The largest absolute Gasteiger partial charge is 0.484 e. The van der Waals surface area contributed by atoms with E-state index >= 15 is 0 Å². The first-order chi connectivity index (χ1) is 8.22. The van der Waals surface area contributed by atoms with E-state index in [4.69, 9.17) is 4.74 Å². The fourth-order valence-corrected chi connectivity index (χ4v) is 1.46. The third-order valence-corrected chi connectivity index (χ3v) is 2.59. The van der Waals surface area contributed by atoms with Crippen LogP contribution in [0.25, 0.3) is 0 Å². The van der Waals surface area contributed by atoms with E-state index in [9.17, 15) is 4.79 Å². The Morgan fingerprint density at radius 1 is 1.28 bits per heavy atom. The number of nitrogens with one attached hydrogen (secondary N) is 2. The van der Waals surface area contributed by atoms with E-state index in [1.165, 1.54) is 0 Å². The minimum atomic E-state index is -0.106. The molecule has 0 aliphatic carbocycles. The molecule has 4 nitrogen and oxygen atoms in total. The highest BCUT2D eigenvalue weighted by Crippen LogP contribution is 2.15. The number of hydrogen-bond acceptors (Lipinski definition) is 3. The van der Waals surface area contributed by atoms with Gasteiger partial charge in [0.1, 0.15) is 5.75 Å². The molecule has 0 fully saturated rings. The predicted octanol–water partition coefficient (Wildman–Crippen LogP) is 1.98. The Hall–Kier alpha value is -0.780. The highest BCUT2D eigenvalue weighted by atomic mass is 79.9. The second-order valence-electron chi connectivity index (χ2n) is 3.45. The van der Waals surface area contributed by atoms with Crippen LogP contribution < -0.4 is 15.4 Å². The summed E-state index contributed by atoms with van der Waals surface area (Å²) in [5.41, 5.74) is 0. The Morgan fingerprint density at radius 3 is 2.56 bits per heavy atom. The third-order valence-electron chi connectivity index (χ3n) is 2.06. The van der Waals surface area contributed by atoms with Gasteiger partial charge in [0.2, 0.25) is 0 Å². The number of likely N-dealkylation sites (N-methyl/N-ethyl adjacent to an activating group) is 1. The minimum Gasteiger partial charge on any atom is -0.484 e. The normalized spacial score (nSPS) is 9.44. The second-order valence-corrected chi connectivity index (χ2v) is 4.36. The summed E-state index contributed by atoms with van der Waals surface area (Å²) in [5, 5.41) is 5.89. The van der Waals surface area contributed by atoms with Crippen molar-refractivity contribution < 1.29 is 9.53 Å². The van der Waals surface area contributed by atoms with Crippen molar-refractivity contribution in [2.24, 2.45) is 0 Å². The summed E-state index contributed by atoms with van der Waals surface area (Å²) in [6, 6.07) is 7.38. The molecule has 1 rings (SSSR count).